The summed E-state index contributed by atoms with van der Waals surface area (Å²) in [5.74, 6) is -1.61. The Balaban J connectivity index is 1.91. The summed E-state index contributed by atoms with van der Waals surface area (Å²) in [6.45, 7) is 5.78. The number of hydrogen-bond acceptors (Lipinski definition) is 11. The van der Waals surface area contributed by atoms with Crippen molar-refractivity contribution in [3.05, 3.63) is 81.1 Å². The number of aliphatic hydroxyl groups excluding tert-OH is 1. The SMILES string of the molecule is COC(=O)C1=C(C#N)N(CCOc2ccccc2OCC(O)CNC(C)C)C(C)C(C(=O)O)=C1c1cccc([N+](=O)[O-])c1. The van der Waals surface area contributed by atoms with E-state index in [9.17, 15) is 35.2 Å². The molecule has 0 saturated heterocycles. The van der Waals surface area contributed by atoms with Crippen LogP contribution >= 0.6 is 0 Å². The first-order valence-electron chi connectivity index (χ1n) is 13.5. The minimum absolute atomic E-state index is 0.0141. The van der Waals surface area contributed by atoms with Crippen molar-refractivity contribution in [1.29, 1.82) is 5.26 Å². The molecule has 0 aliphatic carbocycles. The fourth-order valence-electron chi connectivity index (χ4n) is 4.60. The van der Waals surface area contributed by atoms with Crippen LogP contribution in [0, 0.1) is 21.4 Å². The predicted octanol–water partition coefficient (Wildman–Crippen LogP) is 2.90. The average Bonchev–Trinajstić information content (AvgIpc) is 2.99. The fraction of sp³-hybridized carbons (Fsp3) is 0.367. The van der Waals surface area contributed by atoms with E-state index in [1.165, 1.54) is 23.1 Å². The van der Waals surface area contributed by atoms with Crippen LogP contribution in [0.5, 0.6) is 11.5 Å². The van der Waals surface area contributed by atoms with Crippen molar-refractivity contribution < 1.29 is 38.9 Å². The number of para-hydroxylation sites is 2. The fourth-order valence-corrected chi connectivity index (χ4v) is 4.60. The zero-order valence-corrected chi connectivity index (χ0v) is 24.3. The van der Waals surface area contributed by atoms with Gasteiger partial charge >= 0.3 is 11.9 Å². The van der Waals surface area contributed by atoms with Crippen LogP contribution in [0.1, 0.15) is 26.3 Å². The largest absolute Gasteiger partial charge is 0.488 e. The number of ether oxygens (including phenoxy) is 3. The first-order chi connectivity index (χ1) is 20.5. The number of nitro benzene ring substituents is 1. The molecule has 13 heteroatoms. The molecule has 0 saturated carbocycles. The lowest BCUT2D eigenvalue weighted by molar-refractivity contribution is -0.384. The summed E-state index contributed by atoms with van der Waals surface area (Å²) in [5.41, 5.74) is -1.10. The Morgan fingerprint density at radius 2 is 1.84 bits per heavy atom. The maximum atomic E-state index is 13.0. The quantitative estimate of drug-likeness (QED) is 0.165. The van der Waals surface area contributed by atoms with Crippen LogP contribution in [-0.4, -0.2) is 83.6 Å². The Labute approximate surface area is 248 Å². The summed E-state index contributed by atoms with van der Waals surface area (Å²) in [6, 6.07) is 13.2. The molecule has 3 rings (SSSR count). The molecule has 43 heavy (non-hydrogen) atoms. The van der Waals surface area contributed by atoms with Crippen LogP contribution in [0.15, 0.2) is 65.4 Å². The summed E-state index contributed by atoms with van der Waals surface area (Å²) in [4.78, 5) is 37.8. The third-order valence-electron chi connectivity index (χ3n) is 6.63. The number of nitrogens with zero attached hydrogens (tertiary/aromatic N) is 3. The molecule has 0 aromatic heterocycles. The number of carbonyl (C=O) groups excluding carboxylic acids is 1. The number of carboxylic acid groups (broad SMARTS) is 1. The molecule has 1 heterocycles. The molecule has 0 bridgehead atoms. The van der Waals surface area contributed by atoms with Gasteiger partial charge in [0.2, 0.25) is 0 Å². The summed E-state index contributed by atoms with van der Waals surface area (Å²) in [6.07, 6.45) is -0.758. The standard InChI is InChI=1S/C30H34N4O9/c1-18(2)32-16-22(35)17-43-25-11-6-5-10-24(25)42-13-12-33-19(3)26(29(36)37)27(28(23(33)15-31)30(38)41-4)20-8-7-9-21(14-20)34(39)40/h5-11,14,18-19,22,32,35H,12-13,16-17H2,1-4H3,(H,36,37). The Kier molecular flexibility index (Phi) is 11.2. The highest BCUT2D eigenvalue weighted by Gasteiger charge is 2.40. The van der Waals surface area contributed by atoms with Gasteiger partial charge in [-0.2, -0.15) is 5.26 Å². The number of aliphatic carboxylic acids is 1. The van der Waals surface area contributed by atoms with Gasteiger partial charge in [0.05, 0.1) is 30.2 Å². The average molecular weight is 595 g/mol. The van der Waals surface area contributed by atoms with E-state index in [4.69, 9.17) is 14.2 Å². The van der Waals surface area contributed by atoms with Crippen LogP contribution < -0.4 is 14.8 Å². The number of nitro groups is 1. The lowest BCUT2D eigenvalue weighted by Gasteiger charge is -2.37. The third kappa shape index (κ3) is 7.88. The number of carbonyl (C=O) groups is 2. The number of methoxy groups -OCH3 is 1. The van der Waals surface area contributed by atoms with Crippen LogP contribution in [0.2, 0.25) is 0 Å². The smallest absolute Gasteiger partial charge is 0.341 e. The van der Waals surface area contributed by atoms with Gasteiger partial charge < -0.3 is 34.6 Å². The van der Waals surface area contributed by atoms with E-state index in [0.717, 1.165) is 13.2 Å². The maximum absolute atomic E-state index is 13.0. The van der Waals surface area contributed by atoms with Crippen molar-refractivity contribution in [3.63, 3.8) is 0 Å². The second kappa shape index (κ2) is 14.8. The molecule has 0 amide bonds. The van der Waals surface area contributed by atoms with Gasteiger partial charge in [-0.25, -0.2) is 9.59 Å². The van der Waals surface area contributed by atoms with Gasteiger partial charge in [-0.15, -0.1) is 0 Å². The van der Waals surface area contributed by atoms with E-state index in [0.29, 0.717) is 18.0 Å². The summed E-state index contributed by atoms with van der Waals surface area (Å²) >= 11 is 0. The molecule has 2 aromatic rings. The summed E-state index contributed by atoms with van der Waals surface area (Å²) < 4.78 is 16.6. The zero-order valence-electron chi connectivity index (χ0n) is 24.3. The van der Waals surface area contributed by atoms with Crippen molar-refractivity contribution in [2.45, 2.75) is 39.0 Å². The highest BCUT2D eigenvalue weighted by atomic mass is 16.6. The van der Waals surface area contributed by atoms with Crippen LogP contribution in [0.4, 0.5) is 5.69 Å². The molecule has 2 atom stereocenters. The number of carboxylic acids is 1. The van der Waals surface area contributed by atoms with Gasteiger partial charge in [-0.05, 0) is 24.6 Å². The van der Waals surface area contributed by atoms with E-state index in [-0.39, 0.29) is 59.5 Å². The number of non-ortho nitro benzene ring substituents is 1. The lowest BCUT2D eigenvalue weighted by Crippen LogP contribution is -2.43. The number of aliphatic hydroxyl groups is 1. The van der Waals surface area contributed by atoms with E-state index >= 15 is 0 Å². The molecule has 228 valence electrons. The first-order valence-corrected chi connectivity index (χ1v) is 13.5. The molecule has 0 fully saturated rings. The monoisotopic (exact) mass is 594 g/mol. The minimum atomic E-state index is -1.37. The Morgan fingerprint density at radius 3 is 2.42 bits per heavy atom. The lowest BCUT2D eigenvalue weighted by atomic mass is 9.84. The topological polar surface area (TPSA) is 184 Å². The highest BCUT2D eigenvalue weighted by molar-refractivity contribution is 6.14. The first kappa shape index (κ1) is 32.6. The number of hydrogen-bond donors (Lipinski definition) is 3. The van der Waals surface area contributed by atoms with Gasteiger partial charge in [-0.1, -0.05) is 38.1 Å². The molecule has 3 N–H and O–H groups in total. The second-order valence-electron chi connectivity index (χ2n) is 9.92. The molecule has 2 unspecified atom stereocenters. The Morgan fingerprint density at radius 1 is 1.16 bits per heavy atom. The van der Waals surface area contributed by atoms with Crippen molar-refractivity contribution in [2.24, 2.45) is 0 Å². The normalized spacial score (nSPS) is 15.7. The predicted molar refractivity (Wildman–Crippen MR) is 155 cm³/mol. The van der Waals surface area contributed by atoms with Crippen LogP contribution in [0.3, 0.4) is 0 Å². The number of rotatable bonds is 14. The van der Waals surface area contributed by atoms with Gasteiger partial charge in [0.15, 0.2) is 11.5 Å². The van der Waals surface area contributed by atoms with E-state index in [1.807, 2.05) is 19.9 Å². The van der Waals surface area contributed by atoms with Crippen molar-refractivity contribution in [2.75, 3.05) is 33.4 Å². The van der Waals surface area contributed by atoms with Crippen molar-refractivity contribution in [1.82, 2.24) is 10.2 Å². The number of esters is 1. The highest BCUT2D eigenvalue weighted by Crippen LogP contribution is 2.40. The Bertz CT molecular complexity index is 1460. The van der Waals surface area contributed by atoms with E-state index < -0.39 is 29.0 Å². The zero-order chi connectivity index (χ0) is 31.7. The van der Waals surface area contributed by atoms with Gasteiger partial charge in [-0.3, -0.25) is 10.1 Å². The maximum Gasteiger partial charge on any atom is 0.341 e. The molecule has 0 radical (unpaired) electrons. The second-order valence-corrected chi connectivity index (χ2v) is 9.92. The minimum Gasteiger partial charge on any atom is -0.488 e. The number of nitrogens with one attached hydrogen (secondary N) is 1. The number of nitriles is 1. The van der Waals surface area contributed by atoms with Crippen LogP contribution in [-0.2, 0) is 14.3 Å². The molecule has 2 aromatic carbocycles. The molecule has 1 aliphatic heterocycles. The molecule has 1 aliphatic rings. The van der Waals surface area contributed by atoms with Gasteiger partial charge in [0, 0.05) is 30.3 Å². The third-order valence-corrected chi connectivity index (χ3v) is 6.63. The Hall–Kier alpha value is -4.93. The van der Waals surface area contributed by atoms with Gasteiger partial charge in [0.1, 0.15) is 36.7 Å². The van der Waals surface area contributed by atoms with E-state index in [1.54, 1.807) is 31.2 Å². The van der Waals surface area contributed by atoms with Gasteiger partial charge in [0.25, 0.3) is 5.69 Å². The number of allylic oxidation sites excluding steroid dienone is 1. The number of benzene rings is 2. The van der Waals surface area contributed by atoms with E-state index in [2.05, 4.69) is 5.32 Å². The molecular weight excluding hydrogens is 560 g/mol. The molecule has 13 nitrogen and oxygen atoms in total. The van der Waals surface area contributed by atoms with Crippen LogP contribution in [0.25, 0.3) is 5.57 Å². The molecule has 0 spiro atoms. The summed E-state index contributed by atoms with van der Waals surface area (Å²) in [5, 5.41) is 45.1. The summed E-state index contributed by atoms with van der Waals surface area (Å²) in [7, 11) is 1.09. The van der Waals surface area contributed by atoms with Crippen molar-refractivity contribution >= 4 is 23.2 Å². The molecular formula is C30H34N4O9. The van der Waals surface area contributed by atoms with Crippen molar-refractivity contribution in [3.8, 4) is 17.6 Å².